The van der Waals surface area contributed by atoms with Crippen LogP contribution in [0.3, 0.4) is 0 Å². The quantitative estimate of drug-likeness (QED) is 0.855. The number of halogens is 4. The van der Waals surface area contributed by atoms with Crippen LogP contribution in [0.1, 0.15) is 22.9 Å². The molecule has 0 spiro atoms. The summed E-state index contributed by atoms with van der Waals surface area (Å²) in [6.07, 6.45) is -3.09. The van der Waals surface area contributed by atoms with E-state index in [0.29, 0.717) is 11.8 Å². The first kappa shape index (κ1) is 13.5. The molecule has 0 amide bonds. The van der Waals surface area contributed by atoms with Gasteiger partial charge in [0.2, 0.25) is 0 Å². The molecule has 1 unspecified atom stereocenters. The highest BCUT2D eigenvalue weighted by Gasteiger charge is 2.32. The second-order valence-corrected chi connectivity index (χ2v) is 4.09. The number of hydrogen-bond acceptors (Lipinski definition) is 2. The van der Waals surface area contributed by atoms with E-state index in [0.717, 1.165) is 12.1 Å². The summed E-state index contributed by atoms with van der Waals surface area (Å²) in [5.74, 6) is -0.776. The second-order valence-electron chi connectivity index (χ2n) is 4.09. The molecule has 102 valence electrons. The van der Waals surface area contributed by atoms with E-state index in [9.17, 15) is 17.6 Å². The summed E-state index contributed by atoms with van der Waals surface area (Å²) in [6.45, 7) is 0. The summed E-state index contributed by atoms with van der Waals surface area (Å²) in [4.78, 5) is 0. The van der Waals surface area contributed by atoms with Gasteiger partial charge in [0.25, 0.3) is 0 Å². The molecule has 1 aromatic carbocycles. The van der Waals surface area contributed by atoms with Crippen molar-refractivity contribution in [3.05, 3.63) is 53.1 Å². The molecule has 0 saturated heterocycles. The van der Waals surface area contributed by atoms with Gasteiger partial charge in [0, 0.05) is 18.8 Å². The number of nitrogens with two attached hydrogens (primary N) is 1. The van der Waals surface area contributed by atoms with E-state index < -0.39 is 23.6 Å². The largest absolute Gasteiger partial charge is 0.416 e. The van der Waals surface area contributed by atoms with Gasteiger partial charge in [-0.2, -0.15) is 18.3 Å². The van der Waals surface area contributed by atoms with Crippen LogP contribution in [0.15, 0.2) is 30.5 Å². The molecule has 2 rings (SSSR count). The predicted molar refractivity (Wildman–Crippen MR) is 60.6 cm³/mol. The lowest BCUT2D eigenvalue weighted by atomic mass is 10.0. The SMILES string of the molecule is Cn1nccc1C(N)c1cc(C(F)(F)F)ccc1F. The van der Waals surface area contributed by atoms with Crippen molar-refractivity contribution in [2.24, 2.45) is 12.8 Å². The van der Waals surface area contributed by atoms with Crippen LogP contribution < -0.4 is 5.73 Å². The van der Waals surface area contributed by atoms with Crippen molar-refractivity contribution in [1.82, 2.24) is 9.78 Å². The van der Waals surface area contributed by atoms with Gasteiger partial charge < -0.3 is 5.73 Å². The molecule has 0 aliphatic heterocycles. The Hall–Kier alpha value is -1.89. The molecule has 0 aliphatic rings. The first-order chi connectivity index (χ1) is 8.80. The van der Waals surface area contributed by atoms with E-state index in [2.05, 4.69) is 5.10 Å². The molecule has 2 aromatic rings. The number of benzene rings is 1. The molecule has 1 aromatic heterocycles. The van der Waals surface area contributed by atoms with Crippen molar-refractivity contribution in [1.29, 1.82) is 0 Å². The lowest BCUT2D eigenvalue weighted by molar-refractivity contribution is -0.137. The molecule has 3 nitrogen and oxygen atoms in total. The third-order valence-electron chi connectivity index (χ3n) is 2.84. The predicted octanol–water partition coefficient (Wildman–Crippen LogP) is 2.63. The normalized spacial score (nSPS) is 13.6. The molecule has 0 saturated carbocycles. The van der Waals surface area contributed by atoms with Crippen LogP contribution in [0.5, 0.6) is 0 Å². The van der Waals surface area contributed by atoms with E-state index in [1.54, 1.807) is 7.05 Å². The summed E-state index contributed by atoms with van der Waals surface area (Å²) in [6, 6.07) is 2.72. The Bertz CT molecular complexity index is 589. The van der Waals surface area contributed by atoms with Crippen molar-refractivity contribution in [3.8, 4) is 0 Å². The Morgan fingerprint density at radius 2 is 1.95 bits per heavy atom. The first-order valence-electron chi connectivity index (χ1n) is 5.41. The standard InChI is InChI=1S/C12H11F4N3/c1-19-10(4-5-18-19)11(17)8-6-7(12(14,15)16)2-3-9(8)13/h2-6,11H,17H2,1H3. The molecule has 2 N–H and O–H groups in total. The molecule has 0 radical (unpaired) electrons. The van der Waals surface area contributed by atoms with Gasteiger partial charge in [-0.05, 0) is 24.3 Å². The van der Waals surface area contributed by atoms with Crippen LogP contribution in [0.25, 0.3) is 0 Å². The van der Waals surface area contributed by atoms with Crippen molar-refractivity contribution in [3.63, 3.8) is 0 Å². The third kappa shape index (κ3) is 2.60. The van der Waals surface area contributed by atoms with E-state index in [1.807, 2.05) is 0 Å². The highest BCUT2D eigenvalue weighted by molar-refractivity contribution is 5.33. The van der Waals surface area contributed by atoms with Gasteiger partial charge in [-0.15, -0.1) is 0 Å². The van der Waals surface area contributed by atoms with Crippen LogP contribution in [0.4, 0.5) is 17.6 Å². The fourth-order valence-electron chi connectivity index (χ4n) is 1.81. The maximum atomic E-state index is 13.7. The zero-order chi connectivity index (χ0) is 14.2. The molecular weight excluding hydrogens is 262 g/mol. The van der Waals surface area contributed by atoms with Crippen LogP contribution in [0, 0.1) is 5.82 Å². The van der Waals surface area contributed by atoms with E-state index in [4.69, 9.17) is 5.73 Å². The average Bonchev–Trinajstić information content (AvgIpc) is 2.73. The van der Waals surface area contributed by atoms with Crippen LogP contribution in [-0.4, -0.2) is 9.78 Å². The fraction of sp³-hybridized carbons (Fsp3) is 0.250. The van der Waals surface area contributed by atoms with Gasteiger partial charge in [0.1, 0.15) is 5.82 Å². The van der Waals surface area contributed by atoms with Crippen molar-refractivity contribution >= 4 is 0 Å². The van der Waals surface area contributed by atoms with Crippen LogP contribution in [0.2, 0.25) is 0 Å². The van der Waals surface area contributed by atoms with Gasteiger partial charge in [0.15, 0.2) is 0 Å². The number of aryl methyl sites for hydroxylation is 1. The molecule has 1 heterocycles. The van der Waals surface area contributed by atoms with Crippen molar-refractivity contribution < 1.29 is 17.6 Å². The van der Waals surface area contributed by atoms with Gasteiger partial charge in [-0.25, -0.2) is 4.39 Å². The fourth-order valence-corrected chi connectivity index (χ4v) is 1.81. The minimum absolute atomic E-state index is 0.210. The van der Waals surface area contributed by atoms with Gasteiger partial charge >= 0.3 is 6.18 Å². The van der Waals surface area contributed by atoms with E-state index in [-0.39, 0.29) is 5.56 Å². The zero-order valence-electron chi connectivity index (χ0n) is 9.95. The Balaban J connectivity index is 2.47. The van der Waals surface area contributed by atoms with Gasteiger partial charge in [-0.3, -0.25) is 4.68 Å². The highest BCUT2D eigenvalue weighted by Crippen LogP contribution is 2.32. The smallest absolute Gasteiger partial charge is 0.319 e. The van der Waals surface area contributed by atoms with Gasteiger partial charge in [-0.1, -0.05) is 0 Å². The van der Waals surface area contributed by atoms with Crippen LogP contribution >= 0.6 is 0 Å². The molecule has 0 fully saturated rings. The van der Waals surface area contributed by atoms with Crippen molar-refractivity contribution in [2.45, 2.75) is 12.2 Å². The van der Waals surface area contributed by atoms with Crippen LogP contribution in [-0.2, 0) is 13.2 Å². The number of alkyl halides is 3. The Kier molecular flexibility index (Phi) is 3.32. The first-order valence-corrected chi connectivity index (χ1v) is 5.41. The molecular formula is C12H11F4N3. The summed E-state index contributed by atoms with van der Waals surface area (Å²) in [5.41, 5.74) is 5.10. The molecule has 7 heteroatoms. The van der Waals surface area contributed by atoms with E-state index >= 15 is 0 Å². The highest BCUT2D eigenvalue weighted by atomic mass is 19.4. The number of aromatic nitrogens is 2. The summed E-state index contributed by atoms with van der Waals surface area (Å²) < 4.78 is 52.9. The summed E-state index contributed by atoms with van der Waals surface area (Å²) >= 11 is 0. The molecule has 0 aliphatic carbocycles. The third-order valence-corrected chi connectivity index (χ3v) is 2.84. The van der Waals surface area contributed by atoms with Crippen molar-refractivity contribution in [2.75, 3.05) is 0 Å². The maximum Gasteiger partial charge on any atom is 0.416 e. The summed E-state index contributed by atoms with van der Waals surface area (Å²) in [7, 11) is 1.58. The Morgan fingerprint density at radius 3 is 2.47 bits per heavy atom. The lowest BCUT2D eigenvalue weighted by Crippen LogP contribution is -2.18. The maximum absolute atomic E-state index is 13.7. The topological polar surface area (TPSA) is 43.8 Å². The number of hydrogen-bond donors (Lipinski definition) is 1. The minimum Gasteiger partial charge on any atom is -0.319 e. The average molecular weight is 273 g/mol. The zero-order valence-corrected chi connectivity index (χ0v) is 9.95. The minimum atomic E-state index is -4.53. The summed E-state index contributed by atoms with van der Waals surface area (Å²) in [5, 5.41) is 3.86. The second kappa shape index (κ2) is 4.65. The monoisotopic (exact) mass is 273 g/mol. The lowest BCUT2D eigenvalue weighted by Gasteiger charge is -2.15. The number of rotatable bonds is 2. The Morgan fingerprint density at radius 1 is 1.26 bits per heavy atom. The van der Waals surface area contributed by atoms with Gasteiger partial charge in [0.05, 0.1) is 17.3 Å². The Labute approximate surface area is 106 Å². The molecule has 0 bridgehead atoms. The molecule has 1 atom stereocenters. The molecule has 19 heavy (non-hydrogen) atoms. The number of nitrogens with zero attached hydrogens (tertiary/aromatic N) is 2. The van der Waals surface area contributed by atoms with E-state index in [1.165, 1.54) is 16.9 Å².